The zero-order valence-electron chi connectivity index (χ0n) is 9.57. The molecule has 0 aromatic rings. The van der Waals surface area contributed by atoms with Crippen molar-refractivity contribution in [3.8, 4) is 6.07 Å². The highest BCUT2D eigenvalue weighted by Crippen LogP contribution is 2.25. The van der Waals surface area contributed by atoms with Crippen LogP contribution in [0.3, 0.4) is 0 Å². The summed E-state index contributed by atoms with van der Waals surface area (Å²) in [6, 6.07) is 1.29. The van der Waals surface area contributed by atoms with Crippen molar-refractivity contribution in [1.82, 2.24) is 9.03 Å². The maximum atomic E-state index is 12.0. The first-order chi connectivity index (χ1) is 8.26. The molecule has 5 nitrogen and oxygen atoms in total. The number of halogens is 3. The molecule has 1 aliphatic rings. The second-order valence-electron chi connectivity index (χ2n) is 4.08. The Morgan fingerprint density at radius 3 is 2.33 bits per heavy atom. The van der Waals surface area contributed by atoms with Crippen LogP contribution < -0.4 is 4.72 Å². The van der Waals surface area contributed by atoms with Crippen molar-refractivity contribution in [1.29, 1.82) is 5.26 Å². The van der Waals surface area contributed by atoms with E-state index in [0.29, 0.717) is 12.8 Å². The van der Waals surface area contributed by atoms with Crippen molar-refractivity contribution < 1.29 is 21.6 Å². The molecule has 1 saturated carbocycles. The predicted molar refractivity (Wildman–Crippen MR) is 57.6 cm³/mol. The molecule has 0 aromatic heterocycles. The quantitative estimate of drug-likeness (QED) is 0.770. The first-order valence-electron chi connectivity index (χ1n) is 5.46. The van der Waals surface area contributed by atoms with Crippen molar-refractivity contribution in [2.45, 2.75) is 37.9 Å². The summed E-state index contributed by atoms with van der Waals surface area (Å²) in [5, 5.41) is 8.58. The third-order valence-electron chi connectivity index (χ3n) is 2.72. The lowest BCUT2D eigenvalue weighted by Gasteiger charge is -2.25. The van der Waals surface area contributed by atoms with E-state index in [1.165, 1.54) is 4.72 Å². The summed E-state index contributed by atoms with van der Waals surface area (Å²) in [7, 11) is -4.26. The van der Waals surface area contributed by atoms with E-state index in [-0.39, 0.29) is 6.04 Å². The van der Waals surface area contributed by atoms with Crippen molar-refractivity contribution in [3.63, 3.8) is 0 Å². The van der Waals surface area contributed by atoms with Crippen LogP contribution in [0, 0.1) is 11.3 Å². The number of nitriles is 1. The van der Waals surface area contributed by atoms with Crippen LogP contribution in [0.4, 0.5) is 13.2 Å². The van der Waals surface area contributed by atoms with E-state index in [0.717, 1.165) is 17.1 Å². The summed E-state index contributed by atoms with van der Waals surface area (Å²) in [6.45, 7) is -2.05. The molecular formula is C9H14F3N3O2S. The molecule has 0 aliphatic heterocycles. The Morgan fingerprint density at radius 2 is 1.89 bits per heavy atom. The van der Waals surface area contributed by atoms with Gasteiger partial charge in [-0.3, -0.25) is 0 Å². The molecule has 0 heterocycles. The second-order valence-corrected chi connectivity index (χ2v) is 5.79. The SMILES string of the molecule is N#CCN(C1CCCC1)S(=O)(=O)NCC(F)(F)F. The smallest absolute Gasteiger partial charge is 0.197 e. The zero-order chi connectivity index (χ0) is 13.8. The van der Waals surface area contributed by atoms with E-state index in [1.54, 1.807) is 6.07 Å². The Morgan fingerprint density at radius 1 is 1.33 bits per heavy atom. The number of nitrogens with zero attached hydrogens (tertiary/aromatic N) is 2. The molecule has 0 amide bonds. The molecule has 0 spiro atoms. The average molecular weight is 285 g/mol. The normalized spacial score (nSPS) is 18.2. The highest BCUT2D eigenvalue weighted by atomic mass is 32.2. The molecule has 1 N–H and O–H groups in total. The Bertz CT molecular complexity index is 410. The minimum atomic E-state index is -4.61. The molecule has 1 fully saturated rings. The van der Waals surface area contributed by atoms with Gasteiger partial charge in [-0.05, 0) is 12.8 Å². The highest BCUT2D eigenvalue weighted by molar-refractivity contribution is 7.87. The minimum Gasteiger partial charge on any atom is -0.197 e. The third kappa shape index (κ3) is 4.44. The first kappa shape index (κ1) is 15.2. The summed E-state index contributed by atoms with van der Waals surface area (Å²) < 4.78 is 61.7. The largest absolute Gasteiger partial charge is 0.402 e. The van der Waals surface area contributed by atoms with Crippen LogP contribution in [0.5, 0.6) is 0 Å². The van der Waals surface area contributed by atoms with Crippen LogP contribution in [0.2, 0.25) is 0 Å². The maximum absolute atomic E-state index is 12.0. The minimum absolute atomic E-state index is 0.379. The number of hydrogen-bond donors (Lipinski definition) is 1. The molecule has 0 unspecified atom stereocenters. The summed E-state index contributed by atoms with van der Waals surface area (Å²) in [5.74, 6) is 0. The molecule has 0 saturated heterocycles. The molecule has 0 atom stereocenters. The molecule has 0 aromatic carbocycles. The van der Waals surface area contributed by atoms with Gasteiger partial charge in [0.25, 0.3) is 10.2 Å². The molecule has 104 valence electrons. The molecule has 0 radical (unpaired) electrons. The van der Waals surface area contributed by atoms with Gasteiger partial charge in [0.05, 0.1) is 6.07 Å². The van der Waals surface area contributed by atoms with Gasteiger partial charge < -0.3 is 0 Å². The van der Waals surface area contributed by atoms with Gasteiger partial charge in [-0.2, -0.15) is 35.9 Å². The fourth-order valence-corrected chi connectivity index (χ4v) is 3.27. The van der Waals surface area contributed by atoms with Crippen molar-refractivity contribution in [2.24, 2.45) is 0 Å². The van der Waals surface area contributed by atoms with Gasteiger partial charge in [0.2, 0.25) is 0 Å². The number of rotatable bonds is 5. The summed E-state index contributed by atoms with van der Waals surface area (Å²) in [6.07, 6.45) is -1.81. The fraction of sp³-hybridized carbons (Fsp3) is 0.889. The monoisotopic (exact) mass is 285 g/mol. The average Bonchev–Trinajstić information content (AvgIpc) is 2.75. The van der Waals surface area contributed by atoms with E-state index in [2.05, 4.69) is 0 Å². The zero-order valence-corrected chi connectivity index (χ0v) is 10.4. The highest BCUT2D eigenvalue weighted by Gasteiger charge is 2.35. The maximum Gasteiger partial charge on any atom is 0.402 e. The van der Waals surface area contributed by atoms with E-state index in [9.17, 15) is 21.6 Å². The Kier molecular flexibility index (Phi) is 4.95. The third-order valence-corrected chi connectivity index (χ3v) is 4.28. The van der Waals surface area contributed by atoms with Gasteiger partial charge >= 0.3 is 6.18 Å². The molecule has 1 rings (SSSR count). The lowest BCUT2D eigenvalue weighted by atomic mass is 10.2. The lowest BCUT2D eigenvalue weighted by Crippen LogP contribution is -2.48. The van der Waals surface area contributed by atoms with Gasteiger partial charge in [-0.1, -0.05) is 12.8 Å². The second kappa shape index (κ2) is 5.86. The van der Waals surface area contributed by atoms with Gasteiger partial charge in [0, 0.05) is 6.04 Å². The lowest BCUT2D eigenvalue weighted by molar-refractivity contribution is -0.121. The summed E-state index contributed by atoms with van der Waals surface area (Å²) in [5.41, 5.74) is 0. The van der Waals surface area contributed by atoms with Crippen LogP contribution in [0.25, 0.3) is 0 Å². The van der Waals surface area contributed by atoms with E-state index >= 15 is 0 Å². The predicted octanol–water partition coefficient (Wildman–Crippen LogP) is 1.15. The van der Waals surface area contributed by atoms with Crippen LogP contribution in [-0.4, -0.2) is 38.0 Å². The van der Waals surface area contributed by atoms with Gasteiger partial charge in [0.15, 0.2) is 0 Å². The van der Waals surface area contributed by atoms with Crippen LogP contribution in [0.1, 0.15) is 25.7 Å². The van der Waals surface area contributed by atoms with Crippen LogP contribution >= 0.6 is 0 Å². The first-order valence-corrected chi connectivity index (χ1v) is 6.90. The van der Waals surface area contributed by atoms with Crippen molar-refractivity contribution in [3.05, 3.63) is 0 Å². The van der Waals surface area contributed by atoms with Gasteiger partial charge in [-0.15, -0.1) is 0 Å². The Balaban J connectivity index is 2.74. The number of nitrogens with one attached hydrogen (secondary N) is 1. The topological polar surface area (TPSA) is 73.2 Å². The van der Waals surface area contributed by atoms with E-state index in [1.807, 2.05) is 0 Å². The molecule has 9 heteroatoms. The summed E-state index contributed by atoms with van der Waals surface area (Å²) >= 11 is 0. The van der Waals surface area contributed by atoms with Crippen LogP contribution in [-0.2, 0) is 10.2 Å². The van der Waals surface area contributed by atoms with E-state index < -0.39 is 29.5 Å². The number of hydrogen-bond acceptors (Lipinski definition) is 3. The molecule has 18 heavy (non-hydrogen) atoms. The Hall–Kier alpha value is -0.850. The Labute approximate surface area is 104 Å². The van der Waals surface area contributed by atoms with Gasteiger partial charge in [0.1, 0.15) is 13.1 Å². The van der Waals surface area contributed by atoms with Crippen molar-refractivity contribution >= 4 is 10.2 Å². The molecule has 1 aliphatic carbocycles. The van der Waals surface area contributed by atoms with Crippen LogP contribution in [0.15, 0.2) is 0 Å². The molecular weight excluding hydrogens is 271 g/mol. The number of alkyl halides is 3. The fourth-order valence-electron chi connectivity index (χ4n) is 1.93. The van der Waals surface area contributed by atoms with Gasteiger partial charge in [-0.25, -0.2) is 0 Å². The van der Waals surface area contributed by atoms with E-state index in [4.69, 9.17) is 5.26 Å². The summed E-state index contributed by atoms with van der Waals surface area (Å²) in [4.78, 5) is 0. The molecule has 0 bridgehead atoms. The van der Waals surface area contributed by atoms with Crippen molar-refractivity contribution in [2.75, 3.05) is 13.1 Å². The standard InChI is InChI=1S/C9H14F3N3O2S/c10-9(11,12)7-14-18(16,17)15(6-5-13)8-3-1-2-4-8/h8,14H,1-4,6-7H2.